The summed E-state index contributed by atoms with van der Waals surface area (Å²) in [5.41, 5.74) is -1.77. The Kier molecular flexibility index (Phi) is 4.13. The average Bonchev–Trinajstić information content (AvgIpc) is 3.38. The van der Waals surface area contributed by atoms with Crippen LogP contribution in [0.4, 0.5) is 13.2 Å². The zero-order valence-corrected chi connectivity index (χ0v) is 14.3. The molecule has 0 N–H and O–H groups in total. The van der Waals surface area contributed by atoms with E-state index in [0.717, 1.165) is 13.0 Å². The third kappa shape index (κ3) is 2.80. The molecule has 0 aromatic rings. The van der Waals surface area contributed by atoms with E-state index in [9.17, 15) is 18.0 Å². The lowest BCUT2D eigenvalue weighted by Gasteiger charge is -2.40. The van der Waals surface area contributed by atoms with E-state index < -0.39 is 29.1 Å². The third-order valence-electron chi connectivity index (χ3n) is 5.74. The number of carbonyl (C=O) groups excluding carboxylic acids is 1. The van der Waals surface area contributed by atoms with Crippen LogP contribution in [-0.4, -0.2) is 49.1 Å². The number of hydrogen-bond donors (Lipinski definition) is 0. The summed E-state index contributed by atoms with van der Waals surface area (Å²) < 4.78 is 54.8. The van der Waals surface area contributed by atoms with Crippen molar-refractivity contribution in [1.29, 1.82) is 0 Å². The van der Waals surface area contributed by atoms with Crippen LogP contribution in [0.3, 0.4) is 0 Å². The SMILES string of the molecule is CO[C@@H]1C(=O)[C@@H](C)C[C@]2(CO2)[C@H]1[C@@]1(C)O[C@@H]1C/C=C(\C)C(F)(F)F. The maximum Gasteiger partial charge on any atom is 0.412 e. The van der Waals surface area contributed by atoms with Crippen LogP contribution in [0.2, 0.25) is 0 Å². The molecule has 1 aliphatic carbocycles. The van der Waals surface area contributed by atoms with Crippen LogP contribution in [-0.2, 0) is 19.0 Å². The van der Waals surface area contributed by atoms with Gasteiger partial charge in [-0.2, -0.15) is 13.2 Å². The Labute approximate surface area is 139 Å². The van der Waals surface area contributed by atoms with Gasteiger partial charge in [-0.25, -0.2) is 0 Å². The van der Waals surface area contributed by atoms with Gasteiger partial charge < -0.3 is 14.2 Å². The average molecular weight is 348 g/mol. The summed E-state index contributed by atoms with van der Waals surface area (Å²) in [6.45, 7) is 5.29. The second kappa shape index (κ2) is 5.54. The summed E-state index contributed by atoms with van der Waals surface area (Å²) in [4.78, 5) is 12.5. The van der Waals surface area contributed by atoms with Crippen LogP contribution < -0.4 is 0 Å². The number of alkyl halides is 3. The van der Waals surface area contributed by atoms with E-state index in [-0.39, 0.29) is 30.1 Å². The molecule has 4 nitrogen and oxygen atoms in total. The highest BCUT2D eigenvalue weighted by Crippen LogP contribution is 2.59. The fourth-order valence-corrected chi connectivity index (χ4v) is 4.16. The highest BCUT2D eigenvalue weighted by atomic mass is 19.4. The first-order valence-electron chi connectivity index (χ1n) is 8.17. The Morgan fingerprint density at radius 1 is 1.46 bits per heavy atom. The molecule has 6 atom stereocenters. The molecule has 1 saturated carbocycles. The molecule has 136 valence electrons. The maximum absolute atomic E-state index is 12.6. The number of epoxide rings is 2. The number of halogens is 3. The van der Waals surface area contributed by atoms with Gasteiger partial charge in [0, 0.05) is 18.6 Å². The minimum atomic E-state index is -4.32. The van der Waals surface area contributed by atoms with E-state index >= 15 is 0 Å². The van der Waals surface area contributed by atoms with E-state index in [1.54, 1.807) is 0 Å². The molecule has 2 saturated heterocycles. The van der Waals surface area contributed by atoms with E-state index in [1.165, 1.54) is 7.11 Å². The molecule has 0 radical (unpaired) electrons. The van der Waals surface area contributed by atoms with E-state index in [2.05, 4.69) is 0 Å². The summed E-state index contributed by atoms with van der Waals surface area (Å²) in [5, 5.41) is 0. The maximum atomic E-state index is 12.6. The Bertz CT molecular complexity index is 567. The van der Waals surface area contributed by atoms with Crippen molar-refractivity contribution in [3.8, 4) is 0 Å². The van der Waals surface area contributed by atoms with Crippen LogP contribution in [0.5, 0.6) is 0 Å². The van der Waals surface area contributed by atoms with Gasteiger partial charge in [0.15, 0.2) is 5.78 Å². The first kappa shape index (κ1) is 17.9. The smallest absolute Gasteiger partial charge is 0.373 e. The van der Waals surface area contributed by atoms with Crippen LogP contribution in [0.25, 0.3) is 0 Å². The standard InChI is InChI=1S/C17H23F3O4/c1-9-7-16(8-23-16)14(13(22-4)12(9)21)15(3)11(24-15)6-5-10(2)17(18,19)20/h5,9,11,13-14H,6-8H2,1-4H3/b10-5+/t9-,11+,13+,14+,15-,16-/m0/s1. The molecule has 0 amide bonds. The Morgan fingerprint density at radius 2 is 2.08 bits per heavy atom. The van der Waals surface area contributed by atoms with Crippen molar-refractivity contribution in [2.75, 3.05) is 13.7 Å². The largest absolute Gasteiger partial charge is 0.412 e. The Hall–Kier alpha value is -0.920. The van der Waals surface area contributed by atoms with E-state index in [1.807, 2.05) is 13.8 Å². The minimum Gasteiger partial charge on any atom is -0.373 e. The van der Waals surface area contributed by atoms with Gasteiger partial charge in [0.1, 0.15) is 17.3 Å². The van der Waals surface area contributed by atoms with Crippen LogP contribution >= 0.6 is 0 Å². The van der Waals surface area contributed by atoms with Crippen molar-refractivity contribution in [3.05, 3.63) is 11.6 Å². The second-order valence-electron chi connectivity index (χ2n) is 7.41. The molecule has 2 aliphatic heterocycles. The molecule has 24 heavy (non-hydrogen) atoms. The Balaban J connectivity index is 1.77. The van der Waals surface area contributed by atoms with Gasteiger partial charge in [-0.05, 0) is 26.7 Å². The van der Waals surface area contributed by atoms with Gasteiger partial charge in [0.2, 0.25) is 0 Å². The number of allylic oxidation sites excluding steroid dienone is 1. The van der Waals surface area contributed by atoms with Gasteiger partial charge in [0.05, 0.1) is 18.6 Å². The lowest BCUT2D eigenvalue weighted by molar-refractivity contribution is -0.148. The predicted octanol–water partition coefficient (Wildman–Crippen LogP) is 3.05. The molecular weight excluding hydrogens is 325 g/mol. The number of carbonyl (C=O) groups is 1. The van der Waals surface area contributed by atoms with Crippen LogP contribution in [0, 0.1) is 11.8 Å². The fraction of sp³-hybridized carbons (Fsp3) is 0.824. The lowest BCUT2D eigenvalue weighted by atomic mass is 9.66. The van der Waals surface area contributed by atoms with Crippen molar-refractivity contribution in [2.24, 2.45) is 11.8 Å². The molecule has 3 fully saturated rings. The summed E-state index contributed by atoms with van der Waals surface area (Å²) in [6.07, 6.45) is -3.39. The molecule has 3 rings (SSSR count). The zero-order chi connectivity index (χ0) is 17.9. The monoisotopic (exact) mass is 348 g/mol. The normalized spacial score (nSPS) is 45.6. The lowest BCUT2D eigenvalue weighted by Crippen LogP contribution is -2.55. The number of hydrogen-bond acceptors (Lipinski definition) is 4. The molecule has 0 unspecified atom stereocenters. The second-order valence-corrected chi connectivity index (χ2v) is 7.41. The first-order chi connectivity index (χ1) is 11.0. The van der Waals surface area contributed by atoms with Crippen molar-refractivity contribution in [2.45, 2.75) is 63.2 Å². The topological polar surface area (TPSA) is 51.4 Å². The van der Waals surface area contributed by atoms with Crippen molar-refractivity contribution in [3.63, 3.8) is 0 Å². The number of Topliss-reactive ketones (excluding diaryl/α,β-unsaturated/α-hetero) is 1. The predicted molar refractivity (Wildman–Crippen MR) is 79.5 cm³/mol. The van der Waals surface area contributed by atoms with Gasteiger partial charge in [-0.1, -0.05) is 13.0 Å². The molecule has 0 bridgehead atoms. The Morgan fingerprint density at radius 3 is 2.58 bits per heavy atom. The molecule has 3 aliphatic rings. The van der Waals surface area contributed by atoms with Crippen molar-refractivity contribution >= 4 is 5.78 Å². The van der Waals surface area contributed by atoms with E-state index in [0.29, 0.717) is 13.0 Å². The summed E-state index contributed by atoms with van der Waals surface area (Å²) in [5.74, 6) is -0.425. The summed E-state index contributed by atoms with van der Waals surface area (Å²) in [7, 11) is 1.48. The quantitative estimate of drug-likeness (QED) is 0.579. The molecule has 2 heterocycles. The zero-order valence-electron chi connectivity index (χ0n) is 14.3. The van der Waals surface area contributed by atoms with Gasteiger partial charge in [0.25, 0.3) is 0 Å². The van der Waals surface area contributed by atoms with Gasteiger partial charge >= 0.3 is 6.18 Å². The highest BCUT2D eigenvalue weighted by Gasteiger charge is 2.72. The summed E-state index contributed by atoms with van der Waals surface area (Å²) in [6, 6.07) is 0. The summed E-state index contributed by atoms with van der Waals surface area (Å²) >= 11 is 0. The number of rotatable bonds is 4. The molecule has 7 heteroatoms. The highest BCUT2D eigenvalue weighted by molar-refractivity contribution is 5.87. The number of methoxy groups -OCH3 is 1. The first-order valence-corrected chi connectivity index (χ1v) is 8.17. The van der Waals surface area contributed by atoms with Crippen molar-refractivity contribution in [1.82, 2.24) is 0 Å². The van der Waals surface area contributed by atoms with Crippen LogP contribution in [0.1, 0.15) is 33.6 Å². The number of ether oxygens (including phenoxy) is 3. The van der Waals surface area contributed by atoms with E-state index in [4.69, 9.17) is 14.2 Å². The minimum absolute atomic E-state index is 0.0149. The van der Waals surface area contributed by atoms with Gasteiger partial charge in [-0.15, -0.1) is 0 Å². The molecule has 0 aromatic carbocycles. The molecule has 0 aromatic heterocycles. The van der Waals surface area contributed by atoms with Crippen molar-refractivity contribution < 1.29 is 32.2 Å². The fourth-order valence-electron chi connectivity index (χ4n) is 4.16. The number of ketones is 1. The third-order valence-corrected chi connectivity index (χ3v) is 5.74. The molecular formula is C17H23F3O4. The van der Waals surface area contributed by atoms with Gasteiger partial charge in [-0.3, -0.25) is 4.79 Å². The van der Waals surface area contributed by atoms with Crippen LogP contribution in [0.15, 0.2) is 11.6 Å². The molecule has 1 spiro atoms.